The van der Waals surface area contributed by atoms with E-state index in [0.717, 1.165) is 11.4 Å². The number of aromatic nitrogens is 4. The Balaban J connectivity index is 1.43. The van der Waals surface area contributed by atoms with Crippen LogP contribution in [-0.4, -0.2) is 37.3 Å². The average Bonchev–Trinajstić information content (AvgIpc) is 3.45. The van der Waals surface area contributed by atoms with Crippen LogP contribution in [0.3, 0.4) is 0 Å². The van der Waals surface area contributed by atoms with E-state index in [2.05, 4.69) is 20.4 Å². The average molecular weight is 479 g/mol. The van der Waals surface area contributed by atoms with Crippen LogP contribution < -0.4 is 10.2 Å². The van der Waals surface area contributed by atoms with E-state index in [1.807, 2.05) is 25.2 Å². The Morgan fingerprint density at radius 3 is 2.76 bits per heavy atom. The summed E-state index contributed by atoms with van der Waals surface area (Å²) in [6.07, 6.45) is 3.71. The van der Waals surface area contributed by atoms with Crippen LogP contribution in [0.4, 0.5) is 21.7 Å². The fourth-order valence-electron chi connectivity index (χ4n) is 4.07. The lowest BCUT2D eigenvalue weighted by Gasteiger charge is -2.22. The largest absolute Gasteiger partial charge is 0.378 e. The first-order valence-electron chi connectivity index (χ1n) is 10.6. The van der Waals surface area contributed by atoms with Crippen molar-refractivity contribution in [1.82, 2.24) is 19.7 Å². The molecule has 0 radical (unpaired) electrons. The lowest BCUT2D eigenvalue weighted by molar-refractivity contribution is -0.126. The minimum Gasteiger partial charge on any atom is -0.378 e. The van der Waals surface area contributed by atoms with Crippen molar-refractivity contribution in [2.75, 3.05) is 16.8 Å². The molecule has 1 aromatic carbocycles. The van der Waals surface area contributed by atoms with E-state index in [-0.39, 0.29) is 22.9 Å². The van der Waals surface area contributed by atoms with E-state index in [4.69, 9.17) is 11.6 Å². The summed E-state index contributed by atoms with van der Waals surface area (Å²) in [6, 6.07) is 11.8. The molecule has 1 atom stereocenters. The number of rotatable bonds is 5. The molecule has 1 aliphatic rings. The Hall–Kier alpha value is -3.82. The molecule has 4 heterocycles. The molecule has 0 fully saturated rings. The van der Waals surface area contributed by atoms with Crippen molar-refractivity contribution in [3.63, 3.8) is 0 Å². The highest BCUT2D eigenvalue weighted by atomic mass is 35.5. The predicted molar refractivity (Wildman–Crippen MR) is 126 cm³/mol. The summed E-state index contributed by atoms with van der Waals surface area (Å²) in [5.41, 5.74) is 2.48. The van der Waals surface area contributed by atoms with Crippen LogP contribution in [0.2, 0.25) is 5.15 Å². The summed E-state index contributed by atoms with van der Waals surface area (Å²) in [5, 5.41) is 17.9. The molecular formula is C24H20ClFN6O2. The van der Waals surface area contributed by atoms with E-state index in [1.54, 1.807) is 29.2 Å². The van der Waals surface area contributed by atoms with Gasteiger partial charge in [-0.05, 0) is 53.4 Å². The van der Waals surface area contributed by atoms with Gasteiger partial charge in [0, 0.05) is 37.6 Å². The fourth-order valence-corrected chi connectivity index (χ4v) is 4.29. The highest BCUT2D eigenvalue weighted by Crippen LogP contribution is 2.37. The molecule has 0 saturated carbocycles. The molecule has 10 heteroatoms. The number of hydrogen-bond donors (Lipinski definition) is 2. The van der Waals surface area contributed by atoms with Crippen LogP contribution in [0, 0.1) is 5.82 Å². The van der Waals surface area contributed by atoms with Crippen molar-refractivity contribution in [1.29, 1.82) is 0 Å². The van der Waals surface area contributed by atoms with Crippen molar-refractivity contribution in [2.45, 2.75) is 12.5 Å². The molecule has 3 aromatic heterocycles. The molecule has 0 unspecified atom stereocenters. The van der Waals surface area contributed by atoms with Gasteiger partial charge in [0.2, 0.25) is 0 Å². The zero-order valence-electron chi connectivity index (χ0n) is 18.1. The van der Waals surface area contributed by atoms with E-state index in [0.29, 0.717) is 23.4 Å². The smallest absolute Gasteiger partial charge is 0.260 e. The normalized spacial score (nSPS) is 13.6. The molecule has 0 spiro atoms. The van der Waals surface area contributed by atoms with E-state index < -0.39 is 17.8 Å². The van der Waals surface area contributed by atoms with Crippen LogP contribution in [-0.2, 0) is 18.3 Å². The van der Waals surface area contributed by atoms with Crippen molar-refractivity contribution in [2.24, 2.45) is 7.05 Å². The molecule has 8 nitrogen and oxygen atoms in total. The van der Waals surface area contributed by atoms with Crippen LogP contribution in [0.1, 0.15) is 17.2 Å². The number of hydrogen-bond acceptors (Lipinski definition) is 6. The van der Waals surface area contributed by atoms with Gasteiger partial charge in [0.15, 0.2) is 6.10 Å². The number of aliphatic hydroxyl groups is 1. The second kappa shape index (κ2) is 8.85. The zero-order valence-corrected chi connectivity index (χ0v) is 18.9. The van der Waals surface area contributed by atoms with E-state index in [9.17, 15) is 9.90 Å². The number of nitrogens with one attached hydrogen (secondary N) is 1. The summed E-state index contributed by atoms with van der Waals surface area (Å²) >= 11 is 6.02. The topological polar surface area (TPSA) is 96.2 Å². The SMILES string of the molecule is Cn1nccc1Nc1cc(-c2cc(F)c3c(c2)CCN3C(=O)[C@H](O)c2cccnc2Cl)ccn1. The number of halogens is 2. The monoisotopic (exact) mass is 478 g/mol. The summed E-state index contributed by atoms with van der Waals surface area (Å²) in [4.78, 5) is 22.5. The Bertz CT molecular complexity index is 1390. The number of benzene rings is 1. The van der Waals surface area contributed by atoms with Gasteiger partial charge in [0.05, 0.1) is 11.9 Å². The summed E-state index contributed by atoms with van der Waals surface area (Å²) in [7, 11) is 1.81. The van der Waals surface area contributed by atoms with Crippen molar-refractivity contribution < 1.29 is 14.3 Å². The van der Waals surface area contributed by atoms with Gasteiger partial charge in [0.25, 0.3) is 5.91 Å². The number of amides is 1. The first-order valence-corrected chi connectivity index (χ1v) is 10.9. The molecule has 4 aromatic rings. The summed E-state index contributed by atoms with van der Waals surface area (Å²) in [6.45, 7) is 0.257. The Kier molecular flexibility index (Phi) is 5.72. The molecule has 0 bridgehead atoms. The van der Waals surface area contributed by atoms with Crippen molar-refractivity contribution in [3.05, 3.63) is 83.2 Å². The number of aliphatic hydroxyl groups excluding tert-OH is 1. The van der Waals surface area contributed by atoms with Gasteiger partial charge < -0.3 is 15.3 Å². The molecule has 0 saturated heterocycles. The lowest BCUT2D eigenvalue weighted by Crippen LogP contribution is -2.34. The Labute approximate surface area is 199 Å². The van der Waals surface area contributed by atoms with Crippen molar-refractivity contribution >= 4 is 34.8 Å². The molecule has 0 aliphatic carbocycles. The van der Waals surface area contributed by atoms with Gasteiger partial charge >= 0.3 is 0 Å². The van der Waals surface area contributed by atoms with E-state index in [1.165, 1.54) is 23.2 Å². The molecule has 2 N–H and O–H groups in total. The lowest BCUT2D eigenvalue weighted by atomic mass is 10.0. The number of fused-ring (bicyclic) bond motifs is 1. The summed E-state index contributed by atoms with van der Waals surface area (Å²) in [5.74, 6) is 0.175. The van der Waals surface area contributed by atoms with E-state index >= 15 is 4.39 Å². The van der Waals surface area contributed by atoms with Crippen LogP contribution in [0.25, 0.3) is 11.1 Å². The number of carbonyl (C=O) groups is 1. The zero-order chi connectivity index (χ0) is 23.8. The van der Waals surface area contributed by atoms with Gasteiger partial charge in [-0.3, -0.25) is 9.48 Å². The maximum Gasteiger partial charge on any atom is 0.260 e. The standard InChI is InChI=1S/C24H20ClFN6O2/c1-31-20(5-9-29-31)30-19-13-14(4-8-27-19)16-11-15-6-10-32(21(15)18(26)12-16)24(34)22(33)17-3-2-7-28-23(17)25/h2-5,7-9,11-13,22,33H,6,10H2,1H3,(H,27,30)/t22-/m1/s1. The Morgan fingerprint density at radius 2 is 2.00 bits per heavy atom. The molecular weight excluding hydrogens is 459 g/mol. The maximum atomic E-state index is 15.3. The number of nitrogens with zero attached hydrogens (tertiary/aromatic N) is 5. The fraction of sp³-hybridized carbons (Fsp3) is 0.167. The number of anilines is 3. The third-order valence-corrected chi connectivity index (χ3v) is 6.09. The van der Waals surface area contributed by atoms with Crippen LogP contribution in [0.5, 0.6) is 0 Å². The third kappa shape index (κ3) is 4.00. The molecule has 5 rings (SSSR count). The van der Waals surface area contributed by atoms with Crippen molar-refractivity contribution in [3.8, 4) is 11.1 Å². The Morgan fingerprint density at radius 1 is 1.15 bits per heavy atom. The number of carbonyl (C=O) groups excluding carboxylic acids is 1. The molecule has 172 valence electrons. The highest BCUT2D eigenvalue weighted by molar-refractivity contribution is 6.30. The van der Waals surface area contributed by atoms with Gasteiger partial charge in [-0.2, -0.15) is 5.10 Å². The highest BCUT2D eigenvalue weighted by Gasteiger charge is 2.33. The van der Waals surface area contributed by atoms with Gasteiger partial charge in [0.1, 0.15) is 22.6 Å². The third-order valence-electron chi connectivity index (χ3n) is 5.77. The molecule has 1 amide bonds. The predicted octanol–water partition coefficient (Wildman–Crippen LogP) is 4.04. The first-order chi connectivity index (χ1) is 16.4. The first kappa shape index (κ1) is 22.0. The van der Waals surface area contributed by atoms with Crippen LogP contribution >= 0.6 is 11.6 Å². The van der Waals surface area contributed by atoms with Gasteiger partial charge in [-0.25, -0.2) is 14.4 Å². The second-order valence-corrected chi connectivity index (χ2v) is 8.24. The molecule has 1 aliphatic heterocycles. The number of pyridine rings is 2. The van der Waals surface area contributed by atoms with Gasteiger partial charge in [-0.15, -0.1) is 0 Å². The molecule has 34 heavy (non-hydrogen) atoms. The quantitative estimate of drug-likeness (QED) is 0.420. The van der Waals surface area contributed by atoms with Crippen LogP contribution in [0.15, 0.2) is 61.1 Å². The number of aryl methyl sites for hydroxylation is 1. The minimum atomic E-state index is -1.54. The van der Waals surface area contributed by atoms with Gasteiger partial charge in [-0.1, -0.05) is 17.7 Å². The second-order valence-electron chi connectivity index (χ2n) is 7.89. The maximum absolute atomic E-state index is 15.3. The minimum absolute atomic E-state index is 0.0341. The summed E-state index contributed by atoms with van der Waals surface area (Å²) < 4.78 is 17.0.